The van der Waals surface area contributed by atoms with Crippen LogP contribution in [0.15, 0.2) is 52.5 Å². The van der Waals surface area contributed by atoms with E-state index in [1.54, 1.807) is 11.8 Å². The van der Waals surface area contributed by atoms with E-state index >= 15 is 0 Å². The van der Waals surface area contributed by atoms with Gasteiger partial charge in [-0.25, -0.2) is 0 Å². The van der Waals surface area contributed by atoms with Crippen LogP contribution in [0, 0.1) is 6.92 Å². The topological polar surface area (TPSA) is 24.9 Å². The highest BCUT2D eigenvalue weighted by atomic mass is 32.2. The molecule has 0 aliphatic rings. The molecule has 1 N–H and O–H groups in total. The standard InChI is InChI=1S/C17H22N2S/c1-13-5-6-16(20-15-7-9-18-10-8-15)14(11-13)12-19-17(2,3)4/h5-11,19H,12H2,1-4H3. The average molecular weight is 286 g/mol. The SMILES string of the molecule is Cc1ccc(Sc2ccncc2)c(CNC(C)(C)C)c1. The Morgan fingerprint density at radius 3 is 2.45 bits per heavy atom. The third-order valence-electron chi connectivity index (χ3n) is 2.90. The Bertz CT molecular complexity index is 559. The van der Waals surface area contributed by atoms with Gasteiger partial charge in [-0.3, -0.25) is 4.98 Å². The molecule has 2 nitrogen and oxygen atoms in total. The van der Waals surface area contributed by atoms with Gasteiger partial charge in [0, 0.05) is 34.3 Å². The Morgan fingerprint density at radius 1 is 1.10 bits per heavy atom. The summed E-state index contributed by atoms with van der Waals surface area (Å²) in [5.74, 6) is 0. The number of nitrogens with one attached hydrogen (secondary N) is 1. The van der Waals surface area contributed by atoms with Crippen LogP contribution in [0.3, 0.4) is 0 Å². The van der Waals surface area contributed by atoms with Crippen LogP contribution < -0.4 is 5.32 Å². The summed E-state index contributed by atoms with van der Waals surface area (Å²) in [6.45, 7) is 9.61. The Balaban J connectivity index is 2.19. The van der Waals surface area contributed by atoms with Crippen molar-refractivity contribution in [1.29, 1.82) is 0 Å². The molecule has 0 aliphatic carbocycles. The van der Waals surface area contributed by atoms with E-state index in [9.17, 15) is 0 Å². The predicted molar refractivity (Wildman–Crippen MR) is 86.1 cm³/mol. The summed E-state index contributed by atoms with van der Waals surface area (Å²) >= 11 is 1.79. The van der Waals surface area contributed by atoms with E-state index in [0.717, 1.165) is 6.54 Å². The van der Waals surface area contributed by atoms with Crippen LogP contribution in [0.5, 0.6) is 0 Å². The van der Waals surface area contributed by atoms with Crippen molar-refractivity contribution in [2.45, 2.75) is 49.6 Å². The number of pyridine rings is 1. The second-order valence-electron chi connectivity index (χ2n) is 6.00. The first-order valence-corrected chi connectivity index (χ1v) is 7.68. The van der Waals surface area contributed by atoms with Gasteiger partial charge in [-0.2, -0.15) is 0 Å². The molecule has 0 bridgehead atoms. The Morgan fingerprint density at radius 2 is 1.80 bits per heavy atom. The summed E-state index contributed by atoms with van der Waals surface area (Å²) in [7, 11) is 0. The first-order valence-electron chi connectivity index (χ1n) is 6.86. The normalized spacial score (nSPS) is 11.6. The fourth-order valence-corrected chi connectivity index (χ4v) is 2.75. The Hall–Kier alpha value is -1.32. The van der Waals surface area contributed by atoms with Crippen LogP contribution in [0.25, 0.3) is 0 Å². The number of hydrogen-bond donors (Lipinski definition) is 1. The lowest BCUT2D eigenvalue weighted by atomic mass is 10.1. The Kier molecular flexibility index (Phi) is 4.84. The van der Waals surface area contributed by atoms with E-state index in [2.05, 4.69) is 56.2 Å². The molecule has 0 fully saturated rings. The van der Waals surface area contributed by atoms with E-state index in [1.165, 1.54) is 20.9 Å². The molecule has 1 aromatic carbocycles. The fourth-order valence-electron chi connectivity index (χ4n) is 1.84. The van der Waals surface area contributed by atoms with Gasteiger partial charge < -0.3 is 5.32 Å². The molecule has 0 atom stereocenters. The highest BCUT2D eigenvalue weighted by Crippen LogP contribution is 2.30. The molecular formula is C17H22N2S. The lowest BCUT2D eigenvalue weighted by Gasteiger charge is -2.22. The molecule has 1 heterocycles. The molecule has 1 aromatic heterocycles. The third kappa shape index (κ3) is 4.66. The first kappa shape index (κ1) is 15.1. The quantitative estimate of drug-likeness (QED) is 0.900. The number of aryl methyl sites for hydroxylation is 1. The zero-order chi connectivity index (χ0) is 14.6. The number of benzene rings is 1. The maximum atomic E-state index is 4.07. The van der Waals surface area contributed by atoms with Crippen LogP contribution >= 0.6 is 11.8 Å². The lowest BCUT2D eigenvalue weighted by Crippen LogP contribution is -2.35. The summed E-state index contributed by atoms with van der Waals surface area (Å²) in [5.41, 5.74) is 2.78. The smallest absolute Gasteiger partial charge is 0.0279 e. The van der Waals surface area contributed by atoms with Crippen molar-refractivity contribution in [3.05, 3.63) is 53.9 Å². The zero-order valence-corrected chi connectivity index (χ0v) is 13.4. The van der Waals surface area contributed by atoms with Crippen molar-refractivity contribution >= 4 is 11.8 Å². The second kappa shape index (κ2) is 6.42. The molecule has 0 unspecified atom stereocenters. The van der Waals surface area contributed by atoms with Crippen LogP contribution in [-0.2, 0) is 6.54 Å². The highest BCUT2D eigenvalue weighted by Gasteiger charge is 2.11. The van der Waals surface area contributed by atoms with Gasteiger partial charge in [0.15, 0.2) is 0 Å². The molecule has 106 valence electrons. The Labute approximate surface area is 126 Å². The van der Waals surface area contributed by atoms with Gasteiger partial charge in [0.1, 0.15) is 0 Å². The van der Waals surface area contributed by atoms with Gasteiger partial charge >= 0.3 is 0 Å². The molecule has 2 aromatic rings. The summed E-state index contributed by atoms with van der Waals surface area (Å²) in [6.07, 6.45) is 3.67. The van der Waals surface area contributed by atoms with Gasteiger partial charge in [0.25, 0.3) is 0 Å². The molecule has 0 saturated carbocycles. The van der Waals surface area contributed by atoms with Gasteiger partial charge in [-0.1, -0.05) is 29.5 Å². The highest BCUT2D eigenvalue weighted by molar-refractivity contribution is 7.99. The first-order chi connectivity index (χ1) is 9.44. The van der Waals surface area contributed by atoms with E-state index < -0.39 is 0 Å². The van der Waals surface area contributed by atoms with Crippen LogP contribution in [0.1, 0.15) is 31.9 Å². The minimum Gasteiger partial charge on any atom is -0.308 e. The van der Waals surface area contributed by atoms with Crippen LogP contribution in [0.4, 0.5) is 0 Å². The minimum absolute atomic E-state index is 0.127. The molecule has 0 saturated heterocycles. The summed E-state index contributed by atoms with van der Waals surface area (Å²) in [4.78, 5) is 6.59. The van der Waals surface area contributed by atoms with Crippen molar-refractivity contribution in [3.63, 3.8) is 0 Å². The maximum absolute atomic E-state index is 4.07. The van der Waals surface area contributed by atoms with Gasteiger partial charge in [-0.05, 0) is 51.5 Å². The molecule has 0 spiro atoms. The second-order valence-corrected chi connectivity index (χ2v) is 7.12. The zero-order valence-electron chi connectivity index (χ0n) is 12.6. The van der Waals surface area contributed by atoms with E-state index in [0.29, 0.717) is 0 Å². The average Bonchev–Trinajstić information content (AvgIpc) is 2.39. The summed E-state index contributed by atoms with van der Waals surface area (Å²) in [5, 5.41) is 3.57. The fraction of sp³-hybridized carbons (Fsp3) is 0.353. The number of hydrogen-bond acceptors (Lipinski definition) is 3. The molecule has 2 rings (SSSR count). The van der Waals surface area contributed by atoms with Crippen molar-refractivity contribution in [3.8, 4) is 0 Å². The number of aromatic nitrogens is 1. The predicted octanol–water partition coefficient (Wildman–Crippen LogP) is 4.43. The molecular weight excluding hydrogens is 264 g/mol. The van der Waals surface area contributed by atoms with Gasteiger partial charge in [-0.15, -0.1) is 0 Å². The minimum atomic E-state index is 0.127. The lowest BCUT2D eigenvalue weighted by molar-refractivity contribution is 0.422. The monoisotopic (exact) mass is 286 g/mol. The van der Waals surface area contributed by atoms with E-state index in [1.807, 2.05) is 24.5 Å². The number of nitrogens with zero attached hydrogens (tertiary/aromatic N) is 1. The molecule has 20 heavy (non-hydrogen) atoms. The van der Waals surface area contributed by atoms with Crippen molar-refractivity contribution in [2.75, 3.05) is 0 Å². The van der Waals surface area contributed by atoms with Crippen molar-refractivity contribution < 1.29 is 0 Å². The molecule has 0 aliphatic heterocycles. The van der Waals surface area contributed by atoms with Crippen LogP contribution in [-0.4, -0.2) is 10.5 Å². The summed E-state index contributed by atoms with van der Waals surface area (Å²) < 4.78 is 0. The third-order valence-corrected chi connectivity index (χ3v) is 4.03. The molecule has 3 heteroatoms. The van der Waals surface area contributed by atoms with Gasteiger partial charge in [0.05, 0.1) is 0 Å². The van der Waals surface area contributed by atoms with Gasteiger partial charge in [0.2, 0.25) is 0 Å². The van der Waals surface area contributed by atoms with E-state index in [-0.39, 0.29) is 5.54 Å². The van der Waals surface area contributed by atoms with Crippen LogP contribution in [0.2, 0.25) is 0 Å². The number of rotatable bonds is 4. The molecule has 0 radical (unpaired) electrons. The largest absolute Gasteiger partial charge is 0.308 e. The molecule has 0 amide bonds. The maximum Gasteiger partial charge on any atom is 0.0279 e. The van der Waals surface area contributed by atoms with Crippen molar-refractivity contribution in [1.82, 2.24) is 10.3 Å². The van der Waals surface area contributed by atoms with E-state index in [4.69, 9.17) is 0 Å². The van der Waals surface area contributed by atoms with Crippen molar-refractivity contribution in [2.24, 2.45) is 0 Å². The summed E-state index contributed by atoms with van der Waals surface area (Å²) in [6, 6.07) is 10.7.